The van der Waals surface area contributed by atoms with Crippen molar-refractivity contribution in [3.63, 3.8) is 0 Å². The summed E-state index contributed by atoms with van der Waals surface area (Å²) < 4.78 is 0. The quantitative estimate of drug-likeness (QED) is 0.381. The van der Waals surface area contributed by atoms with Gasteiger partial charge < -0.3 is 10.2 Å². The Morgan fingerprint density at radius 1 is 1.03 bits per heavy atom. The van der Waals surface area contributed by atoms with E-state index in [0.29, 0.717) is 17.7 Å². The van der Waals surface area contributed by atoms with Gasteiger partial charge >= 0.3 is 0 Å². The molecule has 0 saturated carbocycles. The number of allylic oxidation sites excluding steroid dienone is 2. The Hall–Kier alpha value is -2.85. The molecule has 4 heteroatoms. The highest BCUT2D eigenvalue weighted by Crippen LogP contribution is 2.25. The second-order valence-electron chi connectivity index (χ2n) is 11.1. The molecule has 0 spiro atoms. The second-order valence-corrected chi connectivity index (χ2v) is 11.1. The van der Waals surface area contributed by atoms with Crippen molar-refractivity contribution < 1.29 is 4.79 Å². The zero-order chi connectivity index (χ0) is 26.0. The van der Waals surface area contributed by atoms with E-state index >= 15 is 0 Å². The van der Waals surface area contributed by atoms with E-state index in [0.717, 1.165) is 64.8 Å². The fourth-order valence-corrected chi connectivity index (χ4v) is 5.64. The summed E-state index contributed by atoms with van der Waals surface area (Å²) in [6, 6.07) is 15.5. The molecule has 1 fully saturated rings. The fourth-order valence-electron chi connectivity index (χ4n) is 5.64. The van der Waals surface area contributed by atoms with Crippen LogP contribution in [-0.4, -0.2) is 48.4 Å². The van der Waals surface area contributed by atoms with Crippen LogP contribution in [0.5, 0.6) is 0 Å². The zero-order valence-electron chi connectivity index (χ0n) is 23.0. The summed E-state index contributed by atoms with van der Waals surface area (Å²) in [7, 11) is 0. The Morgan fingerprint density at radius 3 is 2.59 bits per heavy atom. The van der Waals surface area contributed by atoms with Crippen LogP contribution in [0.15, 0.2) is 78.7 Å². The molecule has 2 aliphatic rings. The van der Waals surface area contributed by atoms with Gasteiger partial charge in [-0.15, -0.1) is 0 Å². The van der Waals surface area contributed by atoms with Gasteiger partial charge in [-0.2, -0.15) is 0 Å². The van der Waals surface area contributed by atoms with Crippen LogP contribution in [0.4, 0.5) is 0 Å². The van der Waals surface area contributed by atoms with Crippen LogP contribution in [0, 0.1) is 17.8 Å². The van der Waals surface area contributed by atoms with Gasteiger partial charge in [0.15, 0.2) is 0 Å². The minimum atomic E-state index is 0.174. The van der Waals surface area contributed by atoms with E-state index in [1.54, 1.807) is 0 Å². The fraction of sp³-hybridized carbons (Fsp3) is 0.485. The highest BCUT2D eigenvalue weighted by molar-refractivity contribution is 5.83. The topological polar surface area (TPSA) is 35.6 Å². The summed E-state index contributed by atoms with van der Waals surface area (Å²) in [5.41, 5.74) is 2.72. The van der Waals surface area contributed by atoms with Gasteiger partial charge in [0.2, 0.25) is 5.91 Å². The molecule has 2 atom stereocenters. The highest BCUT2D eigenvalue weighted by atomic mass is 16.2. The molecule has 0 radical (unpaired) electrons. The number of nitrogens with one attached hydrogen (secondary N) is 1. The van der Waals surface area contributed by atoms with Crippen LogP contribution in [0.1, 0.15) is 52.0 Å². The van der Waals surface area contributed by atoms with Crippen LogP contribution in [-0.2, 0) is 11.2 Å². The minimum Gasteiger partial charge on any atom is -0.368 e. The summed E-state index contributed by atoms with van der Waals surface area (Å²) in [4.78, 5) is 18.2. The number of fused-ring (bicyclic) bond motifs is 1. The van der Waals surface area contributed by atoms with E-state index in [4.69, 9.17) is 0 Å². The first kappa shape index (κ1) is 27.2. The van der Waals surface area contributed by atoms with Crippen molar-refractivity contribution in [3.05, 3.63) is 84.2 Å². The van der Waals surface area contributed by atoms with Gasteiger partial charge in [-0.05, 0) is 91.1 Å². The molecule has 2 unspecified atom stereocenters. The van der Waals surface area contributed by atoms with Crippen molar-refractivity contribution in [2.24, 2.45) is 17.8 Å². The molecule has 0 bridgehead atoms. The van der Waals surface area contributed by atoms with E-state index in [1.807, 2.05) is 12.4 Å². The van der Waals surface area contributed by atoms with Crippen molar-refractivity contribution in [1.82, 2.24) is 15.1 Å². The average molecular weight is 500 g/mol. The van der Waals surface area contributed by atoms with E-state index < -0.39 is 0 Å². The molecule has 4 nitrogen and oxygen atoms in total. The van der Waals surface area contributed by atoms with Gasteiger partial charge in [-0.3, -0.25) is 9.69 Å². The van der Waals surface area contributed by atoms with Crippen molar-refractivity contribution in [1.29, 1.82) is 0 Å². The lowest BCUT2D eigenvalue weighted by Gasteiger charge is -2.35. The van der Waals surface area contributed by atoms with E-state index in [2.05, 4.69) is 96.6 Å². The van der Waals surface area contributed by atoms with Crippen molar-refractivity contribution in [2.75, 3.05) is 32.7 Å². The standard InChI is InChI=1S/C33H45N3O/c1-4-19-36(33(37)31-15-20-35(21-16-31)25-28-8-7-17-34-18-13-28)22-14-26(2)27(3)23-29-11-12-30-9-5-6-10-32(30)24-29/h5-13,17-18,24,26-27,31,34H,4,14-16,19-23,25H2,1-3H3. The number of carbonyl (C=O) groups is 1. The van der Waals surface area contributed by atoms with Crippen LogP contribution < -0.4 is 5.32 Å². The lowest BCUT2D eigenvalue weighted by molar-refractivity contribution is -0.137. The number of carbonyl (C=O) groups excluding carboxylic acids is 1. The molecule has 2 aromatic rings. The molecular formula is C33H45N3O. The van der Waals surface area contributed by atoms with Crippen LogP contribution in [0.2, 0.25) is 0 Å². The highest BCUT2D eigenvalue weighted by Gasteiger charge is 2.29. The van der Waals surface area contributed by atoms with Gasteiger partial charge in [0, 0.05) is 38.0 Å². The molecule has 198 valence electrons. The van der Waals surface area contributed by atoms with Crippen LogP contribution >= 0.6 is 0 Å². The van der Waals surface area contributed by atoms with Gasteiger partial charge in [0.25, 0.3) is 0 Å². The number of rotatable bonds is 11. The maximum absolute atomic E-state index is 13.5. The Bertz CT molecular complexity index is 1110. The second kappa shape index (κ2) is 13.6. The molecule has 1 N–H and O–H groups in total. The first-order valence-electron chi connectivity index (χ1n) is 14.3. The predicted molar refractivity (Wildman–Crippen MR) is 156 cm³/mol. The van der Waals surface area contributed by atoms with Gasteiger partial charge in [-0.25, -0.2) is 0 Å². The molecule has 4 rings (SSSR count). The number of amides is 1. The first-order valence-corrected chi connectivity index (χ1v) is 14.3. The normalized spacial score (nSPS) is 18.2. The van der Waals surface area contributed by atoms with E-state index in [-0.39, 0.29) is 5.92 Å². The molecule has 37 heavy (non-hydrogen) atoms. The smallest absolute Gasteiger partial charge is 0.225 e. The lowest BCUT2D eigenvalue weighted by atomic mass is 9.86. The van der Waals surface area contributed by atoms with Gasteiger partial charge in [0.1, 0.15) is 0 Å². The predicted octanol–water partition coefficient (Wildman–Crippen LogP) is 6.55. The summed E-state index contributed by atoms with van der Waals surface area (Å²) in [6.45, 7) is 11.6. The molecule has 0 aromatic heterocycles. The number of piperidine rings is 1. The molecule has 1 saturated heterocycles. The Morgan fingerprint density at radius 2 is 1.81 bits per heavy atom. The Kier molecular flexibility index (Phi) is 10.0. The van der Waals surface area contributed by atoms with Crippen LogP contribution in [0.3, 0.4) is 0 Å². The van der Waals surface area contributed by atoms with Gasteiger partial charge in [-0.1, -0.05) is 69.3 Å². The summed E-state index contributed by atoms with van der Waals surface area (Å²) in [6.07, 6.45) is 15.4. The monoisotopic (exact) mass is 499 g/mol. The van der Waals surface area contributed by atoms with E-state index in [9.17, 15) is 4.79 Å². The molecule has 2 aromatic carbocycles. The number of hydrogen-bond acceptors (Lipinski definition) is 3. The Labute approximate surface area is 224 Å². The van der Waals surface area contributed by atoms with Crippen molar-refractivity contribution >= 4 is 16.7 Å². The Balaban J connectivity index is 1.25. The SMILES string of the molecule is CCCN(CCC(C)C(C)Cc1ccc2ccccc2c1)C(=O)C1CCN(CC2=CC=CNC=C2)CC1. The van der Waals surface area contributed by atoms with E-state index in [1.165, 1.54) is 21.9 Å². The van der Waals surface area contributed by atoms with Crippen molar-refractivity contribution in [3.8, 4) is 0 Å². The molecule has 0 aliphatic carbocycles. The van der Waals surface area contributed by atoms with Crippen LogP contribution in [0.25, 0.3) is 10.8 Å². The third-order valence-corrected chi connectivity index (χ3v) is 8.24. The molecule has 2 aliphatic heterocycles. The zero-order valence-corrected chi connectivity index (χ0v) is 23.0. The summed E-state index contributed by atoms with van der Waals surface area (Å²) in [5, 5.41) is 5.75. The molecular weight excluding hydrogens is 454 g/mol. The lowest BCUT2D eigenvalue weighted by Crippen LogP contribution is -2.44. The van der Waals surface area contributed by atoms with Crippen molar-refractivity contribution in [2.45, 2.75) is 52.9 Å². The third kappa shape index (κ3) is 7.82. The largest absolute Gasteiger partial charge is 0.368 e. The maximum atomic E-state index is 13.5. The molecule has 2 heterocycles. The first-order chi connectivity index (χ1) is 18.0. The number of hydrogen-bond donors (Lipinski definition) is 1. The average Bonchev–Trinajstić information content (AvgIpc) is 3.19. The number of likely N-dealkylation sites (tertiary alicyclic amines) is 1. The summed E-state index contributed by atoms with van der Waals surface area (Å²) >= 11 is 0. The summed E-state index contributed by atoms with van der Waals surface area (Å²) in [5.74, 6) is 1.72. The molecule has 1 amide bonds. The third-order valence-electron chi connectivity index (χ3n) is 8.24. The number of benzene rings is 2. The maximum Gasteiger partial charge on any atom is 0.225 e. The minimum absolute atomic E-state index is 0.174. The van der Waals surface area contributed by atoms with Gasteiger partial charge in [0.05, 0.1) is 0 Å². The number of nitrogens with zero attached hydrogens (tertiary/aromatic N) is 2.